The lowest BCUT2D eigenvalue weighted by molar-refractivity contribution is 0.103. The number of hydrogen-bond donors (Lipinski definition) is 1. The molecule has 0 unspecified atom stereocenters. The Morgan fingerprint density at radius 1 is 1.44 bits per heavy atom. The molecule has 2 heterocycles. The van der Waals surface area contributed by atoms with E-state index in [1.807, 2.05) is 11.4 Å². The van der Waals surface area contributed by atoms with Gasteiger partial charge in [-0.3, -0.25) is 9.59 Å². The van der Waals surface area contributed by atoms with E-state index in [1.165, 1.54) is 11.3 Å². The molecule has 1 N–H and O–H groups in total. The molecule has 0 saturated carbocycles. The standard InChI is InChI=1S/C12H11NO2S/c1-7-9(6-14)8(2)13-11(7)12(15)10-4-3-5-16-10/h3-6,13H,1-2H3. The van der Waals surface area contributed by atoms with Gasteiger partial charge in [0, 0.05) is 11.3 Å². The van der Waals surface area contributed by atoms with Gasteiger partial charge >= 0.3 is 0 Å². The summed E-state index contributed by atoms with van der Waals surface area (Å²) in [7, 11) is 0. The van der Waals surface area contributed by atoms with Crippen molar-refractivity contribution in [3.05, 3.63) is 44.9 Å². The fraction of sp³-hybridized carbons (Fsp3) is 0.167. The number of nitrogens with one attached hydrogen (secondary N) is 1. The molecule has 3 nitrogen and oxygen atoms in total. The first-order valence-electron chi connectivity index (χ1n) is 4.87. The van der Waals surface area contributed by atoms with Crippen LogP contribution in [0.3, 0.4) is 0 Å². The first-order valence-corrected chi connectivity index (χ1v) is 5.75. The normalized spacial score (nSPS) is 10.4. The Balaban J connectivity index is 2.50. The van der Waals surface area contributed by atoms with Gasteiger partial charge in [0.1, 0.15) is 0 Å². The van der Waals surface area contributed by atoms with Gasteiger partial charge in [0.05, 0.1) is 10.6 Å². The number of carbonyl (C=O) groups excluding carboxylic acids is 2. The molecule has 82 valence electrons. The number of aldehydes is 1. The molecule has 2 aromatic heterocycles. The molecule has 0 aliphatic rings. The third kappa shape index (κ3) is 1.61. The molecular weight excluding hydrogens is 222 g/mol. The maximum Gasteiger partial charge on any atom is 0.219 e. The number of ketones is 1. The van der Waals surface area contributed by atoms with E-state index in [-0.39, 0.29) is 5.78 Å². The lowest BCUT2D eigenvalue weighted by atomic mass is 10.1. The molecule has 0 aromatic carbocycles. The zero-order valence-electron chi connectivity index (χ0n) is 9.03. The van der Waals surface area contributed by atoms with Crippen LogP contribution in [0.4, 0.5) is 0 Å². The minimum atomic E-state index is -0.0521. The highest BCUT2D eigenvalue weighted by Crippen LogP contribution is 2.21. The average Bonchev–Trinajstić information content (AvgIpc) is 2.86. The Morgan fingerprint density at radius 2 is 2.19 bits per heavy atom. The van der Waals surface area contributed by atoms with Crippen molar-refractivity contribution in [3.8, 4) is 0 Å². The first kappa shape index (κ1) is 10.8. The smallest absolute Gasteiger partial charge is 0.219 e. The predicted molar refractivity (Wildman–Crippen MR) is 63.4 cm³/mol. The molecule has 0 radical (unpaired) electrons. The van der Waals surface area contributed by atoms with Gasteiger partial charge < -0.3 is 4.98 Å². The Labute approximate surface area is 97.1 Å². The van der Waals surface area contributed by atoms with E-state index in [0.717, 1.165) is 17.5 Å². The number of aromatic amines is 1. The number of carbonyl (C=O) groups is 2. The van der Waals surface area contributed by atoms with Gasteiger partial charge in [0.15, 0.2) is 6.29 Å². The number of rotatable bonds is 3. The van der Waals surface area contributed by atoms with Gasteiger partial charge in [-0.15, -0.1) is 11.3 Å². The van der Waals surface area contributed by atoms with Crippen molar-refractivity contribution in [2.45, 2.75) is 13.8 Å². The van der Waals surface area contributed by atoms with Crippen molar-refractivity contribution < 1.29 is 9.59 Å². The van der Waals surface area contributed by atoms with Gasteiger partial charge in [-0.25, -0.2) is 0 Å². The third-order valence-corrected chi connectivity index (χ3v) is 3.45. The molecule has 2 rings (SSSR count). The van der Waals surface area contributed by atoms with E-state index in [4.69, 9.17) is 0 Å². The van der Waals surface area contributed by atoms with Crippen LogP contribution in [0.5, 0.6) is 0 Å². The summed E-state index contributed by atoms with van der Waals surface area (Å²) >= 11 is 1.40. The number of aromatic nitrogens is 1. The van der Waals surface area contributed by atoms with Gasteiger partial charge in [0.2, 0.25) is 5.78 Å². The number of aryl methyl sites for hydroxylation is 1. The largest absolute Gasteiger partial charge is 0.355 e. The zero-order valence-corrected chi connectivity index (χ0v) is 9.85. The summed E-state index contributed by atoms with van der Waals surface area (Å²) in [6.45, 7) is 3.58. The highest BCUT2D eigenvalue weighted by molar-refractivity contribution is 7.12. The van der Waals surface area contributed by atoms with Crippen LogP contribution in [0.1, 0.15) is 37.0 Å². The summed E-state index contributed by atoms with van der Waals surface area (Å²) in [5, 5.41) is 1.86. The van der Waals surface area contributed by atoms with Crippen molar-refractivity contribution >= 4 is 23.4 Å². The van der Waals surface area contributed by atoms with Crippen LogP contribution in [-0.2, 0) is 0 Å². The van der Waals surface area contributed by atoms with E-state index in [0.29, 0.717) is 16.1 Å². The van der Waals surface area contributed by atoms with Gasteiger partial charge in [0.25, 0.3) is 0 Å². The minimum absolute atomic E-state index is 0.0521. The Kier molecular flexibility index (Phi) is 2.75. The SMILES string of the molecule is Cc1[nH]c(C(=O)c2cccs2)c(C)c1C=O. The maximum absolute atomic E-state index is 12.1. The molecule has 0 aliphatic carbocycles. The summed E-state index contributed by atoms with van der Waals surface area (Å²) < 4.78 is 0. The van der Waals surface area contributed by atoms with Crippen LogP contribution in [0, 0.1) is 13.8 Å². The molecule has 0 aliphatic heterocycles. The quantitative estimate of drug-likeness (QED) is 0.654. The highest BCUT2D eigenvalue weighted by atomic mass is 32.1. The van der Waals surface area contributed by atoms with E-state index in [2.05, 4.69) is 4.98 Å². The molecule has 4 heteroatoms. The lowest BCUT2D eigenvalue weighted by Gasteiger charge is -1.96. The number of thiophene rings is 1. The van der Waals surface area contributed by atoms with Crippen molar-refractivity contribution in [2.75, 3.05) is 0 Å². The summed E-state index contributed by atoms with van der Waals surface area (Å²) in [6, 6.07) is 3.62. The molecule has 2 aromatic rings. The number of hydrogen-bond acceptors (Lipinski definition) is 3. The Morgan fingerprint density at radius 3 is 2.69 bits per heavy atom. The van der Waals surface area contributed by atoms with Crippen molar-refractivity contribution in [1.29, 1.82) is 0 Å². The highest BCUT2D eigenvalue weighted by Gasteiger charge is 2.18. The second kappa shape index (κ2) is 4.06. The maximum atomic E-state index is 12.1. The summed E-state index contributed by atoms with van der Waals surface area (Å²) in [5.41, 5.74) is 2.57. The van der Waals surface area contributed by atoms with Gasteiger partial charge in [-0.2, -0.15) is 0 Å². The van der Waals surface area contributed by atoms with Crippen LogP contribution >= 0.6 is 11.3 Å². The van der Waals surface area contributed by atoms with Gasteiger partial charge in [-0.1, -0.05) is 6.07 Å². The third-order valence-electron chi connectivity index (χ3n) is 2.59. The monoisotopic (exact) mass is 233 g/mol. The second-order valence-corrected chi connectivity index (χ2v) is 4.54. The van der Waals surface area contributed by atoms with Crippen molar-refractivity contribution in [2.24, 2.45) is 0 Å². The number of H-pyrrole nitrogens is 1. The Bertz CT molecular complexity index is 538. The average molecular weight is 233 g/mol. The first-order chi connectivity index (χ1) is 7.65. The second-order valence-electron chi connectivity index (χ2n) is 3.59. The van der Waals surface area contributed by atoms with Crippen LogP contribution in [-0.4, -0.2) is 17.1 Å². The molecular formula is C12H11NO2S. The Hall–Kier alpha value is -1.68. The summed E-state index contributed by atoms with van der Waals surface area (Å²) in [4.78, 5) is 26.6. The molecule has 16 heavy (non-hydrogen) atoms. The predicted octanol–water partition coefficient (Wildman–Crippen LogP) is 2.74. The zero-order chi connectivity index (χ0) is 11.7. The van der Waals surface area contributed by atoms with E-state index >= 15 is 0 Å². The lowest BCUT2D eigenvalue weighted by Crippen LogP contribution is -2.01. The van der Waals surface area contributed by atoms with Crippen LogP contribution in [0.15, 0.2) is 17.5 Å². The van der Waals surface area contributed by atoms with Gasteiger partial charge in [-0.05, 0) is 30.9 Å². The summed E-state index contributed by atoms with van der Waals surface area (Å²) in [5.74, 6) is -0.0521. The van der Waals surface area contributed by atoms with E-state index in [1.54, 1.807) is 19.9 Å². The fourth-order valence-electron chi connectivity index (χ4n) is 1.70. The molecule has 0 spiro atoms. The fourth-order valence-corrected chi connectivity index (χ4v) is 2.37. The van der Waals surface area contributed by atoms with Crippen LogP contribution < -0.4 is 0 Å². The van der Waals surface area contributed by atoms with E-state index < -0.39 is 0 Å². The molecule has 0 atom stereocenters. The molecule has 0 amide bonds. The van der Waals surface area contributed by atoms with Crippen LogP contribution in [0.2, 0.25) is 0 Å². The van der Waals surface area contributed by atoms with Crippen molar-refractivity contribution in [1.82, 2.24) is 4.98 Å². The molecule has 0 bridgehead atoms. The summed E-state index contributed by atoms with van der Waals surface area (Å²) in [6.07, 6.45) is 0.784. The minimum Gasteiger partial charge on any atom is -0.355 e. The topological polar surface area (TPSA) is 49.9 Å². The van der Waals surface area contributed by atoms with Crippen molar-refractivity contribution in [3.63, 3.8) is 0 Å². The van der Waals surface area contributed by atoms with Crippen LogP contribution in [0.25, 0.3) is 0 Å². The van der Waals surface area contributed by atoms with E-state index in [9.17, 15) is 9.59 Å². The molecule has 0 saturated heterocycles. The molecule has 0 fully saturated rings.